The van der Waals surface area contributed by atoms with E-state index in [2.05, 4.69) is 4.74 Å². The predicted molar refractivity (Wildman–Crippen MR) is 65.4 cm³/mol. The minimum atomic E-state index is -6.96. The van der Waals surface area contributed by atoms with Gasteiger partial charge in [0, 0.05) is 0 Å². The molecule has 0 N–H and O–H groups in total. The van der Waals surface area contributed by atoms with Gasteiger partial charge in [0.2, 0.25) is 0 Å². The molecule has 25 heavy (non-hydrogen) atoms. The first kappa shape index (κ1) is 23.8. The molecule has 0 aromatic rings. The Morgan fingerprint density at radius 2 is 1.36 bits per heavy atom. The van der Waals surface area contributed by atoms with Gasteiger partial charge in [-0.1, -0.05) is 20.8 Å². The van der Waals surface area contributed by atoms with Crippen molar-refractivity contribution < 1.29 is 53.4 Å². The lowest BCUT2D eigenvalue weighted by Gasteiger charge is -2.38. The number of carbonyl (C=O) groups excluding carboxylic acids is 1. The van der Waals surface area contributed by atoms with Gasteiger partial charge in [-0.05, 0) is 5.92 Å². The Morgan fingerprint density at radius 1 is 0.920 bits per heavy atom. The van der Waals surface area contributed by atoms with Crippen LogP contribution in [-0.4, -0.2) is 42.7 Å². The highest BCUT2D eigenvalue weighted by atomic mass is 19.4. The lowest BCUT2D eigenvalue weighted by atomic mass is 9.90. The Balaban J connectivity index is 5.32. The Bertz CT molecular complexity index is 460. The second-order valence-corrected chi connectivity index (χ2v) is 5.74. The molecule has 0 heterocycles. The number of halogens is 10. The van der Waals surface area contributed by atoms with Gasteiger partial charge in [0.15, 0.2) is 0 Å². The second kappa shape index (κ2) is 7.56. The molecule has 0 bridgehead atoms. The minimum Gasteiger partial charge on any atom is -0.465 e. The largest absolute Gasteiger partial charge is 0.465 e. The van der Waals surface area contributed by atoms with Crippen molar-refractivity contribution in [2.45, 2.75) is 57.3 Å². The van der Waals surface area contributed by atoms with Gasteiger partial charge in [-0.2, -0.15) is 30.7 Å². The van der Waals surface area contributed by atoms with E-state index in [1.54, 1.807) is 0 Å². The van der Waals surface area contributed by atoms with Crippen LogP contribution >= 0.6 is 0 Å². The highest BCUT2D eigenvalue weighted by Crippen LogP contribution is 2.55. The van der Waals surface area contributed by atoms with Crippen molar-refractivity contribution in [1.82, 2.24) is 0 Å². The molecule has 0 saturated carbocycles. The Kier molecular flexibility index (Phi) is 7.19. The van der Waals surface area contributed by atoms with Crippen molar-refractivity contribution >= 4 is 5.97 Å². The van der Waals surface area contributed by atoms with E-state index in [1.807, 2.05) is 0 Å². The first-order valence-electron chi connectivity index (χ1n) is 6.89. The van der Waals surface area contributed by atoms with Gasteiger partial charge >= 0.3 is 29.7 Å². The normalized spacial score (nSPS) is 17.6. The van der Waals surface area contributed by atoms with E-state index in [-0.39, 0.29) is 5.92 Å². The smallest absolute Gasteiger partial charge is 0.434 e. The molecule has 150 valence electrons. The molecule has 0 aliphatic heterocycles. The first-order chi connectivity index (χ1) is 10.9. The van der Waals surface area contributed by atoms with Crippen molar-refractivity contribution in [2.75, 3.05) is 6.61 Å². The Hall–Kier alpha value is -1.23. The molecule has 0 amide bonds. The number of ether oxygens (including phenoxy) is 1. The van der Waals surface area contributed by atoms with Crippen molar-refractivity contribution in [3.05, 3.63) is 0 Å². The van der Waals surface area contributed by atoms with Gasteiger partial charge in [0.05, 0.1) is 18.9 Å². The van der Waals surface area contributed by atoms with Crippen LogP contribution in [0.3, 0.4) is 0 Å². The van der Waals surface area contributed by atoms with Crippen LogP contribution in [-0.2, 0) is 9.53 Å². The minimum absolute atomic E-state index is 0.322. The SMILES string of the molecule is CC(C)C(C)C(=O)OCCC(F)(F)C(F)(F)C(F)(C(F)F)C(F)(F)F. The maximum Gasteiger partial charge on any atom is 0.434 e. The molecule has 2 atom stereocenters. The number of hydrogen-bond acceptors (Lipinski definition) is 2. The Labute approximate surface area is 136 Å². The Morgan fingerprint density at radius 3 is 1.68 bits per heavy atom. The average molecular weight is 394 g/mol. The molecule has 0 aliphatic carbocycles. The van der Waals surface area contributed by atoms with Crippen molar-refractivity contribution in [3.63, 3.8) is 0 Å². The van der Waals surface area contributed by atoms with Crippen LogP contribution in [0.1, 0.15) is 27.2 Å². The van der Waals surface area contributed by atoms with Crippen LogP contribution in [0.5, 0.6) is 0 Å². The van der Waals surface area contributed by atoms with Crippen LogP contribution in [0.15, 0.2) is 0 Å². The third-order valence-corrected chi connectivity index (χ3v) is 3.66. The van der Waals surface area contributed by atoms with Crippen LogP contribution in [0.25, 0.3) is 0 Å². The molecule has 0 aliphatic rings. The van der Waals surface area contributed by atoms with Crippen LogP contribution in [0.2, 0.25) is 0 Å². The summed E-state index contributed by atoms with van der Waals surface area (Å²) in [5.41, 5.74) is -6.77. The summed E-state index contributed by atoms with van der Waals surface area (Å²) in [6.45, 7) is 2.89. The van der Waals surface area contributed by atoms with Gasteiger partial charge in [-0.3, -0.25) is 4.79 Å². The number of alkyl halides is 10. The van der Waals surface area contributed by atoms with Crippen LogP contribution in [0.4, 0.5) is 43.9 Å². The number of esters is 1. The molecule has 2 unspecified atom stereocenters. The molecule has 0 spiro atoms. The predicted octanol–water partition coefficient (Wildman–Crippen LogP) is 5.02. The summed E-state index contributed by atoms with van der Waals surface area (Å²) in [7, 11) is 0. The second-order valence-electron chi connectivity index (χ2n) is 5.74. The van der Waals surface area contributed by atoms with E-state index in [9.17, 15) is 48.7 Å². The van der Waals surface area contributed by atoms with E-state index >= 15 is 0 Å². The summed E-state index contributed by atoms with van der Waals surface area (Å²) in [6.07, 6.45) is -14.7. The maximum atomic E-state index is 13.4. The van der Waals surface area contributed by atoms with Crippen molar-refractivity contribution in [1.29, 1.82) is 0 Å². The molecule has 2 nitrogen and oxygen atoms in total. The van der Waals surface area contributed by atoms with E-state index in [0.29, 0.717) is 0 Å². The number of rotatable bonds is 8. The van der Waals surface area contributed by atoms with Gasteiger partial charge in [-0.25, -0.2) is 13.2 Å². The van der Waals surface area contributed by atoms with Gasteiger partial charge in [-0.15, -0.1) is 0 Å². The van der Waals surface area contributed by atoms with E-state index in [1.165, 1.54) is 20.8 Å². The highest BCUT2D eigenvalue weighted by molar-refractivity contribution is 5.72. The zero-order chi connectivity index (χ0) is 20.4. The third-order valence-electron chi connectivity index (χ3n) is 3.66. The van der Waals surface area contributed by atoms with E-state index in [4.69, 9.17) is 0 Å². The summed E-state index contributed by atoms with van der Waals surface area (Å²) in [6, 6.07) is 0. The molecule has 0 aromatic carbocycles. The zero-order valence-electron chi connectivity index (χ0n) is 13.2. The molecule has 0 radical (unpaired) electrons. The van der Waals surface area contributed by atoms with E-state index in [0.717, 1.165) is 0 Å². The van der Waals surface area contributed by atoms with Crippen LogP contribution in [0, 0.1) is 11.8 Å². The topological polar surface area (TPSA) is 26.3 Å². The number of carbonyl (C=O) groups is 1. The van der Waals surface area contributed by atoms with Crippen LogP contribution < -0.4 is 0 Å². The van der Waals surface area contributed by atoms with Gasteiger partial charge < -0.3 is 4.74 Å². The fourth-order valence-electron chi connectivity index (χ4n) is 1.55. The summed E-state index contributed by atoms with van der Waals surface area (Å²) in [5, 5.41) is 0. The summed E-state index contributed by atoms with van der Waals surface area (Å²) in [4.78, 5) is 11.4. The van der Waals surface area contributed by atoms with Crippen molar-refractivity contribution in [3.8, 4) is 0 Å². The molecular weight excluding hydrogens is 378 g/mol. The fourth-order valence-corrected chi connectivity index (χ4v) is 1.55. The molecule has 12 heteroatoms. The molecule has 0 saturated heterocycles. The average Bonchev–Trinajstić information content (AvgIpc) is 2.42. The van der Waals surface area contributed by atoms with E-state index < -0.39 is 55.0 Å². The zero-order valence-corrected chi connectivity index (χ0v) is 13.2. The monoisotopic (exact) mass is 394 g/mol. The standard InChI is InChI=1S/C13H16F10O2/c1-6(2)7(3)8(24)25-5-4-10(16,17)12(19,20)11(18,9(14)15)13(21,22)23/h6-7,9H,4-5H2,1-3H3. The third kappa shape index (κ3) is 4.49. The molecule has 0 rings (SSSR count). The highest BCUT2D eigenvalue weighted by Gasteiger charge is 2.83. The fraction of sp³-hybridized carbons (Fsp3) is 0.923. The van der Waals surface area contributed by atoms with Gasteiger partial charge in [0.25, 0.3) is 6.43 Å². The molecule has 0 fully saturated rings. The summed E-state index contributed by atoms with van der Waals surface area (Å²) >= 11 is 0. The first-order valence-corrected chi connectivity index (χ1v) is 6.89. The number of hydrogen-bond donors (Lipinski definition) is 0. The maximum absolute atomic E-state index is 13.4. The molecular formula is C13H16F10O2. The van der Waals surface area contributed by atoms with Crippen molar-refractivity contribution in [2.24, 2.45) is 11.8 Å². The molecule has 0 aromatic heterocycles. The lowest BCUT2D eigenvalue weighted by molar-refractivity contribution is -0.380. The summed E-state index contributed by atoms with van der Waals surface area (Å²) < 4.78 is 132. The summed E-state index contributed by atoms with van der Waals surface area (Å²) in [5.74, 6) is -14.9. The lowest BCUT2D eigenvalue weighted by Crippen LogP contribution is -2.67. The van der Waals surface area contributed by atoms with Gasteiger partial charge in [0.1, 0.15) is 0 Å². The quantitative estimate of drug-likeness (QED) is 0.427.